The molecule has 1 unspecified atom stereocenters. The van der Waals surface area contributed by atoms with E-state index in [9.17, 15) is 5.11 Å². The van der Waals surface area contributed by atoms with Gasteiger partial charge in [0, 0.05) is 11.5 Å². The largest absolute Gasteiger partial charge is 0.496 e. The van der Waals surface area contributed by atoms with E-state index in [2.05, 4.69) is 30.6 Å². The van der Waals surface area contributed by atoms with Crippen molar-refractivity contribution in [1.29, 1.82) is 0 Å². The smallest absolute Gasteiger partial charge is 0.123 e. The highest BCUT2D eigenvalue weighted by molar-refractivity contribution is 5.36. The molecule has 4 heteroatoms. The molecule has 0 amide bonds. The second-order valence-electron chi connectivity index (χ2n) is 6.14. The van der Waals surface area contributed by atoms with Gasteiger partial charge in [-0.25, -0.2) is 4.98 Å². The van der Waals surface area contributed by atoms with Gasteiger partial charge >= 0.3 is 0 Å². The van der Waals surface area contributed by atoms with Crippen LogP contribution in [0.25, 0.3) is 0 Å². The Balaban J connectivity index is 2.37. The topological polar surface area (TPSA) is 68.4 Å². The first kappa shape index (κ1) is 19.5. The lowest BCUT2D eigenvalue weighted by atomic mass is 9.89. The second-order valence-corrected chi connectivity index (χ2v) is 6.14. The number of benzene rings is 1. The number of allylic oxidation sites excluding steroid dienone is 3. The standard InChI is InChI=1S/C22H26N2O2/c1-16(12-13-21(26-3)17(2)15-25)19(14-18-8-5-4-6-9-18)20-10-7-11-22(23)24-20/h4-13,19,25H,2,14-15H2,1,3H3,(H2,23,24)/b16-12+,21-13+. The Kier molecular flexibility index (Phi) is 7.18. The van der Waals surface area contributed by atoms with Crippen LogP contribution in [-0.2, 0) is 11.2 Å². The summed E-state index contributed by atoms with van der Waals surface area (Å²) in [5.74, 6) is 1.15. The molecule has 1 heterocycles. The highest BCUT2D eigenvalue weighted by atomic mass is 16.5. The van der Waals surface area contributed by atoms with Gasteiger partial charge < -0.3 is 15.6 Å². The Morgan fingerprint density at radius 2 is 1.92 bits per heavy atom. The maximum absolute atomic E-state index is 9.25. The molecule has 2 rings (SSSR count). The number of aliphatic hydroxyl groups excluding tert-OH is 1. The van der Waals surface area contributed by atoms with E-state index in [1.54, 1.807) is 13.2 Å². The molecule has 26 heavy (non-hydrogen) atoms. The number of aromatic nitrogens is 1. The minimum atomic E-state index is -0.142. The maximum atomic E-state index is 9.25. The summed E-state index contributed by atoms with van der Waals surface area (Å²) in [5.41, 5.74) is 9.70. The van der Waals surface area contributed by atoms with E-state index in [0.29, 0.717) is 17.2 Å². The summed E-state index contributed by atoms with van der Waals surface area (Å²) in [6.45, 7) is 5.72. The number of pyridine rings is 1. The van der Waals surface area contributed by atoms with Gasteiger partial charge in [0.05, 0.1) is 19.4 Å². The SMILES string of the molecule is C=C(CO)/C(=C\C=C(/C)C(Cc1ccccc1)c1cccc(N)n1)OC. The van der Waals surface area contributed by atoms with Crippen molar-refractivity contribution < 1.29 is 9.84 Å². The minimum absolute atomic E-state index is 0.0812. The molecule has 0 saturated carbocycles. The van der Waals surface area contributed by atoms with E-state index < -0.39 is 0 Å². The summed E-state index contributed by atoms with van der Waals surface area (Å²) in [6, 6.07) is 16.0. The second kappa shape index (κ2) is 9.59. The Hall–Kier alpha value is -2.85. The first-order chi connectivity index (χ1) is 12.5. The number of hydrogen-bond donors (Lipinski definition) is 2. The number of nitrogens with zero attached hydrogens (tertiary/aromatic N) is 1. The molecule has 3 N–H and O–H groups in total. The summed E-state index contributed by atoms with van der Waals surface area (Å²) in [7, 11) is 1.57. The molecule has 0 spiro atoms. The summed E-state index contributed by atoms with van der Waals surface area (Å²) < 4.78 is 5.30. The normalized spacial score (nSPS) is 13.3. The van der Waals surface area contributed by atoms with Crippen LogP contribution in [0.2, 0.25) is 0 Å². The van der Waals surface area contributed by atoms with Crippen molar-refractivity contribution in [2.24, 2.45) is 0 Å². The molecule has 0 radical (unpaired) electrons. The summed E-state index contributed by atoms with van der Waals surface area (Å²) >= 11 is 0. The number of anilines is 1. The molecule has 0 bridgehead atoms. The number of nitrogen functional groups attached to an aromatic ring is 1. The number of methoxy groups -OCH3 is 1. The van der Waals surface area contributed by atoms with Crippen LogP contribution in [-0.4, -0.2) is 23.8 Å². The van der Waals surface area contributed by atoms with Crippen molar-refractivity contribution in [1.82, 2.24) is 4.98 Å². The lowest BCUT2D eigenvalue weighted by Gasteiger charge is -2.18. The first-order valence-corrected chi connectivity index (χ1v) is 8.53. The maximum Gasteiger partial charge on any atom is 0.123 e. The summed E-state index contributed by atoms with van der Waals surface area (Å²) in [4.78, 5) is 4.52. The van der Waals surface area contributed by atoms with Crippen LogP contribution in [0.1, 0.15) is 24.1 Å². The van der Waals surface area contributed by atoms with E-state index in [-0.39, 0.29) is 12.5 Å². The number of aliphatic hydroxyl groups is 1. The monoisotopic (exact) mass is 350 g/mol. The zero-order valence-electron chi connectivity index (χ0n) is 15.4. The molecule has 0 fully saturated rings. The van der Waals surface area contributed by atoms with Crippen LogP contribution in [0.3, 0.4) is 0 Å². The number of ether oxygens (including phenoxy) is 1. The molecule has 4 nitrogen and oxygen atoms in total. The average Bonchev–Trinajstić information content (AvgIpc) is 2.66. The average molecular weight is 350 g/mol. The van der Waals surface area contributed by atoms with Gasteiger partial charge in [-0.05, 0) is 37.1 Å². The molecule has 136 valence electrons. The van der Waals surface area contributed by atoms with Crippen molar-refractivity contribution in [2.45, 2.75) is 19.3 Å². The van der Waals surface area contributed by atoms with E-state index in [1.807, 2.05) is 42.5 Å². The van der Waals surface area contributed by atoms with Crippen molar-refractivity contribution in [3.8, 4) is 0 Å². The van der Waals surface area contributed by atoms with Gasteiger partial charge in [-0.2, -0.15) is 0 Å². The Morgan fingerprint density at radius 1 is 1.19 bits per heavy atom. The van der Waals surface area contributed by atoms with Crippen molar-refractivity contribution in [2.75, 3.05) is 19.5 Å². The number of hydrogen-bond acceptors (Lipinski definition) is 4. The fraction of sp³-hybridized carbons (Fsp3) is 0.227. The van der Waals surface area contributed by atoms with Gasteiger partial charge in [-0.3, -0.25) is 0 Å². The van der Waals surface area contributed by atoms with Crippen molar-refractivity contribution >= 4 is 5.82 Å². The van der Waals surface area contributed by atoms with Gasteiger partial charge in [-0.1, -0.05) is 54.6 Å². The Bertz CT molecular complexity index is 795. The predicted octanol–water partition coefficient (Wildman–Crippen LogP) is 4.02. The van der Waals surface area contributed by atoms with Gasteiger partial charge in [0.15, 0.2) is 0 Å². The highest BCUT2D eigenvalue weighted by Gasteiger charge is 2.16. The van der Waals surface area contributed by atoms with Crippen LogP contribution >= 0.6 is 0 Å². The lowest BCUT2D eigenvalue weighted by Crippen LogP contribution is -2.08. The quantitative estimate of drug-likeness (QED) is 0.557. The molecule has 1 aromatic carbocycles. The molecule has 0 aliphatic carbocycles. The van der Waals surface area contributed by atoms with Crippen LogP contribution in [0.5, 0.6) is 0 Å². The third kappa shape index (κ3) is 5.33. The molecule has 0 saturated heterocycles. The molecular weight excluding hydrogens is 324 g/mol. The van der Waals surface area contributed by atoms with Crippen LogP contribution < -0.4 is 5.73 Å². The zero-order valence-corrected chi connectivity index (χ0v) is 15.4. The molecule has 2 aromatic rings. The predicted molar refractivity (Wildman–Crippen MR) is 107 cm³/mol. The zero-order chi connectivity index (χ0) is 18.9. The van der Waals surface area contributed by atoms with Crippen LogP contribution in [0.4, 0.5) is 5.82 Å². The third-order valence-corrected chi connectivity index (χ3v) is 4.24. The van der Waals surface area contributed by atoms with Crippen molar-refractivity contribution in [3.05, 3.63) is 95.4 Å². The van der Waals surface area contributed by atoms with Crippen molar-refractivity contribution in [3.63, 3.8) is 0 Å². The summed E-state index contributed by atoms with van der Waals surface area (Å²) in [6.07, 6.45) is 4.63. The van der Waals surface area contributed by atoms with Gasteiger partial charge in [0.2, 0.25) is 0 Å². The van der Waals surface area contributed by atoms with Crippen LogP contribution in [0.15, 0.2) is 84.2 Å². The molecule has 1 aromatic heterocycles. The third-order valence-electron chi connectivity index (χ3n) is 4.24. The lowest BCUT2D eigenvalue weighted by molar-refractivity contribution is 0.273. The molecule has 0 aliphatic rings. The first-order valence-electron chi connectivity index (χ1n) is 8.53. The van der Waals surface area contributed by atoms with Gasteiger partial charge in [0.1, 0.15) is 11.6 Å². The van der Waals surface area contributed by atoms with E-state index in [0.717, 1.165) is 17.7 Å². The van der Waals surface area contributed by atoms with E-state index in [4.69, 9.17) is 10.5 Å². The fourth-order valence-corrected chi connectivity index (χ4v) is 2.74. The molecule has 1 atom stereocenters. The van der Waals surface area contributed by atoms with Gasteiger partial charge in [-0.15, -0.1) is 0 Å². The molecule has 0 aliphatic heterocycles. The number of rotatable bonds is 8. The Labute approximate surface area is 155 Å². The minimum Gasteiger partial charge on any atom is -0.496 e. The fourth-order valence-electron chi connectivity index (χ4n) is 2.74. The Morgan fingerprint density at radius 3 is 2.54 bits per heavy atom. The molecular formula is C22H26N2O2. The highest BCUT2D eigenvalue weighted by Crippen LogP contribution is 2.28. The summed E-state index contributed by atoms with van der Waals surface area (Å²) in [5, 5.41) is 9.25. The van der Waals surface area contributed by atoms with Crippen LogP contribution in [0, 0.1) is 0 Å². The van der Waals surface area contributed by atoms with Gasteiger partial charge in [0.25, 0.3) is 0 Å². The number of nitrogens with two attached hydrogens (primary N) is 1. The van der Waals surface area contributed by atoms with E-state index in [1.165, 1.54) is 5.56 Å². The van der Waals surface area contributed by atoms with E-state index >= 15 is 0 Å².